The van der Waals surface area contributed by atoms with E-state index in [4.69, 9.17) is 14.2 Å². The van der Waals surface area contributed by atoms with E-state index in [-0.39, 0.29) is 6.04 Å². The Morgan fingerprint density at radius 2 is 1.86 bits per heavy atom. The Labute approximate surface area is 168 Å². The summed E-state index contributed by atoms with van der Waals surface area (Å²) >= 11 is 0. The molecule has 28 heavy (non-hydrogen) atoms. The van der Waals surface area contributed by atoms with Gasteiger partial charge in [-0.15, -0.1) is 0 Å². The van der Waals surface area contributed by atoms with Crippen molar-refractivity contribution in [2.75, 3.05) is 47.5 Å². The van der Waals surface area contributed by atoms with Crippen LogP contribution in [0.25, 0.3) is 0 Å². The second kappa shape index (κ2) is 9.80. The SMILES string of the molecule is CCOc1ccccc1C1NCCc2cc(OC)c(OCCCN(C)C)cc21. The Morgan fingerprint density at radius 1 is 1.04 bits per heavy atom. The first-order valence-electron chi connectivity index (χ1n) is 10.1. The zero-order valence-corrected chi connectivity index (χ0v) is 17.5. The lowest BCUT2D eigenvalue weighted by molar-refractivity contribution is 0.267. The third-order valence-electron chi connectivity index (χ3n) is 5.02. The van der Waals surface area contributed by atoms with Gasteiger partial charge >= 0.3 is 0 Å². The molecular weight excluding hydrogens is 352 g/mol. The van der Waals surface area contributed by atoms with E-state index in [1.807, 2.05) is 19.1 Å². The molecule has 0 amide bonds. The highest BCUT2D eigenvalue weighted by Gasteiger charge is 2.26. The summed E-state index contributed by atoms with van der Waals surface area (Å²) in [5.41, 5.74) is 3.70. The number of hydrogen-bond donors (Lipinski definition) is 1. The lowest BCUT2D eigenvalue weighted by Crippen LogP contribution is -2.31. The fourth-order valence-electron chi connectivity index (χ4n) is 3.68. The van der Waals surface area contributed by atoms with Gasteiger partial charge < -0.3 is 24.4 Å². The molecule has 3 rings (SSSR count). The van der Waals surface area contributed by atoms with Crippen molar-refractivity contribution in [2.24, 2.45) is 0 Å². The number of fused-ring (bicyclic) bond motifs is 1. The number of nitrogens with zero attached hydrogens (tertiary/aromatic N) is 1. The van der Waals surface area contributed by atoms with Gasteiger partial charge in [-0.2, -0.15) is 0 Å². The highest BCUT2D eigenvalue weighted by atomic mass is 16.5. The zero-order chi connectivity index (χ0) is 19.9. The number of rotatable bonds is 9. The largest absolute Gasteiger partial charge is 0.494 e. The first-order chi connectivity index (χ1) is 13.6. The van der Waals surface area contributed by atoms with Crippen LogP contribution in [0.1, 0.15) is 36.1 Å². The maximum absolute atomic E-state index is 6.10. The summed E-state index contributed by atoms with van der Waals surface area (Å²) in [6.45, 7) is 5.26. The number of nitrogens with one attached hydrogen (secondary N) is 1. The molecule has 1 unspecified atom stereocenters. The van der Waals surface area contributed by atoms with Gasteiger partial charge in [0.1, 0.15) is 5.75 Å². The molecule has 0 aliphatic carbocycles. The Balaban J connectivity index is 1.90. The molecule has 1 heterocycles. The number of para-hydroxylation sites is 1. The van der Waals surface area contributed by atoms with E-state index in [1.54, 1.807) is 7.11 Å². The summed E-state index contributed by atoms with van der Waals surface area (Å²) in [7, 11) is 5.86. The fraction of sp³-hybridized carbons (Fsp3) is 0.478. The van der Waals surface area contributed by atoms with Crippen LogP contribution in [0.3, 0.4) is 0 Å². The topological polar surface area (TPSA) is 43.0 Å². The summed E-state index contributed by atoms with van der Waals surface area (Å²) in [6.07, 6.45) is 1.95. The standard InChI is InChI=1S/C23H32N2O3/c1-5-27-20-10-7-6-9-18(20)23-19-16-22(28-14-8-13-25(2)3)21(26-4)15-17(19)11-12-24-23/h6-7,9-10,15-16,23-24H,5,8,11-14H2,1-4H3. The van der Waals surface area contributed by atoms with Crippen LogP contribution in [0.5, 0.6) is 17.2 Å². The van der Waals surface area contributed by atoms with Crippen LogP contribution in [0.2, 0.25) is 0 Å². The molecule has 0 aromatic heterocycles. The normalized spacial score (nSPS) is 16.0. The molecule has 2 aromatic carbocycles. The number of ether oxygens (including phenoxy) is 3. The highest BCUT2D eigenvalue weighted by molar-refractivity contribution is 5.53. The monoisotopic (exact) mass is 384 g/mol. The summed E-state index contributed by atoms with van der Waals surface area (Å²) in [6, 6.07) is 12.6. The molecule has 1 atom stereocenters. The van der Waals surface area contributed by atoms with Gasteiger partial charge in [-0.1, -0.05) is 18.2 Å². The van der Waals surface area contributed by atoms with Gasteiger partial charge in [0.25, 0.3) is 0 Å². The predicted molar refractivity (Wildman–Crippen MR) is 113 cm³/mol. The second-order valence-electron chi connectivity index (χ2n) is 7.32. The first kappa shape index (κ1) is 20.5. The summed E-state index contributed by atoms with van der Waals surface area (Å²) < 4.78 is 17.6. The van der Waals surface area contributed by atoms with Crippen molar-refractivity contribution < 1.29 is 14.2 Å². The molecule has 5 heteroatoms. The van der Waals surface area contributed by atoms with Crippen molar-refractivity contribution >= 4 is 0 Å². The molecule has 5 nitrogen and oxygen atoms in total. The van der Waals surface area contributed by atoms with Crippen molar-refractivity contribution in [3.05, 3.63) is 53.1 Å². The van der Waals surface area contributed by atoms with E-state index in [9.17, 15) is 0 Å². The number of methoxy groups -OCH3 is 1. The average molecular weight is 385 g/mol. The molecule has 0 bridgehead atoms. The minimum Gasteiger partial charge on any atom is -0.494 e. The third kappa shape index (κ3) is 4.78. The summed E-state index contributed by atoms with van der Waals surface area (Å²) in [4.78, 5) is 2.16. The molecule has 0 saturated carbocycles. The van der Waals surface area contributed by atoms with Crippen LogP contribution >= 0.6 is 0 Å². The molecule has 0 radical (unpaired) electrons. The number of benzene rings is 2. The van der Waals surface area contributed by atoms with Crippen LogP contribution in [-0.2, 0) is 6.42 Å². The van der Waals surface area contributed by atoms with Gasteiger partial charge in [-0.25, -0.2) is 0 Å². The molecule has 0 saturated heterocycles. The lowest BCUT2D eigenvalue weighted by Gasteiger charge is -2.29. The lowest BCUT2D eigenvalue weighted by atomic mass is 9.89. The van der Waals surface area contributed by atoms with Crippen LogP contribution in [-0.4, -0.2) is 52.4 Å². The second-order valence-corrected chi connectivity index (χ2v) is 7.32. The van der Waals surface area contributed by atoms with E-state index in [0.717, 1.165) is 48.7 Å². The van der Waals surface area contributed by atoms with Crippen molar-refractivity contribution in [3.8, 4) is 17.2 Å². The Morgan fingerprint density at radius 3 is 2.61 bits per heavy atom. The average Bonchev–Trinajstić information content (AvgIpc) is 2.70. The molecule has 152 valence electrons. The Bertz CT molecular complexity index is 776. The van der Waals surface area contributed by atoms with Gasteiger partial charge in [0.2, 0.25) is 0 Å². The minimum absolute atomic E-state index is 0.0848. The van der Waals surface area contributed by atoms with Crippen LogP contribution in [0.15, 0.2) is 36.4 Å². The van der Waals surface area contributed by atoms with E-state index < -0.39 is 0 Å². The molecule has 1 N–H and O–H groups in total. The van der Waals surface area contributed by atoms with Crippen LogP contribution in [0, 0.1) is 0 Å². The quantitative estimate of drug-likeness (QED) is 0.669. The highest BCUT2D eigenvalue weighted by Crippen LogP contribution is 2.39. The van der Waals surface area contributed by atoms with Gasteiger partial charge in [-0.3, -0.25) is 0 Å². The zero-order valence-electron chi connectivity index (χ0n) is 17.5. The molecule has 1 aliphatic rings. The molecule has 0 spiro atoms. The predicted octanol–water partition coefficient (Wildman–Crippen LogP) is 3.66. The van der Waals surface area contributed by atoms with Crippen LogP contribution in [0.4, 0.5) is 0 Å². The van der Waals surface area contributed by atoms with E-state index >= 15 is 0 Å². The molecule has 1 aliphatic heterocycles. The van der Waals surface area contributed by atoms with Crippen molar-refractivity contribution in [1.29, 1.82) is 0 Å². The van der Waals surface area contributed by atoms with E-state index in [0.29, 0.717) is 13.2 Å². The van der Waals surface area contributed by atoms with Crippen molar-refractivity contribution in [1.82, 2.24) is 10.2 Å². The first-order valence-corrected chi connectivity index (χ1v) is 10.1. The van der Waals surface area contributed by atoms with Gasteiger partial charge in [-0.05, 0) is 63.2 Å². The molecular formula is C23H32N2O3. The summed E-state index contributed by atoms with van der Waals surface area (Å²) in [5, 5.41) is 3.65. The molecule has 2 aromatic rings. The van der Waals surface area contributed by atoms with Crippen molar-refractivity contribution in [2.45, 2.75) is 25.8 Å². The van der Waals surface area contributed by atoms with Crippen molar-refractivity contribution in [3.63, 3.8) is 0 Å². The molecule has 0 fully saturated rings. The van der Waals surface area contributed by atoms with E-state index in [2.05, 4.69) is 48.6 Å². The minimum atomic E-state index is 0.0848. The fourth-order valence-corrected chi connectivity index (χ4v) is 3.68. The van der Waals surface area contributed by atoms with Gasteiger partial charge in [0.15, 0.2) is 11.5 Å². The Hall–Kier alpha value is -2.24. The van der Waals surface area contributed by atoms with Gasteiger partial charge in [0.05, 0.1) is 26.4 Å². The maximum Gasteiger partial charge on any atom is 0.161 e. The number of hydrogen-bond acceptors (Lipinski definition) is 5. The van der Waals surface area contributed by atoms with Gasteiger partial charge in [0, 0.05) is 18.7 Å². The smallest absolute Gasteiger partial charge is 0.161 e. The Kier molecular flexibility index (Phi) is 7.18. The van der Waals surface area contributed by atoms with E-state index in [1.165, 1.54) is 11.1 Å². The summed E-state index contributed by atoms with van der Waals surface area (Å²) in [5.74, 6) is 2.55. The maximum atomic E-state index is 6.10. The van der Waals surface area contributed by atoms with Crippen LogP contribution < -0.4 is 19.5 Å². The third-order valence-corrected chi connectivity index (χ3v) is 5.02.